The normalized spacial score (nSPS) is 44.4. The third-order valence-electron chi connectivity index (χ3n) is 2.89. The molecule has 1 fully saturated rings. The molecule has 13 heavy (non-hydrogen) atoms. The molecule has 3 atom stereocenters. The first kappa shape index (κ1) is 9.19. The van der Waals surface area contributed by atoms with Crippen LogP contribution in [0.2, 0.25) is 0 Å². The van der Waals surface area contributed by atoms with Crippen molar-refractivity contribution in [2.24, 2.45) is 5.92 Å². The second kappa shape index (κ2) is 3.08. The van der Waals surface area contributed by atoms with E-state index in [-0.39, 0.29) is 12.7 Å². The molecule has 0 aromatic rings. The Labute approximate surface area is 78.3 Å². The standard InChI is InChI=1S/C10H16O3/c1-7-3-4-10(6-11)12-5-8(2)9(7)13-10/h3,8-9,11H,4-6H2,1-2H3/t8-,9-,10-/m0/s1. The molecule has 1 N–H and O–H groups in total. The average Bonchev–Trinajstić information content (AvgIpc) is 2.17. The average molecular weight is 184 g/mol. The van der Waals surface area contributed by atoms with Gasteiger partial charge in [-0.15, -0.1) is 0 Å². The molecule has 2 aliphatic heterocycles. The van der Waals surface area contributed by atoms with Crippen LogP contribution in [0.15, 0.2) is 11.6 Å². The van der Waals surface area contributed by atoms with E-state index in [1.165, 1.54) is 5.57 Å². The number of fused-ring (bicyclic) bond motifs is 2. The first-order valence-electron chi connectivity index (χ1n) is 4.76. The Hall–Kier alpha value is -0.380. The maximum atomic E-state index is 9.19. The van der Waals surface area contributed by atoms with Crippen LogP contribution in [0.25, 0.3) is 0 Å². The van der Waals surface area contributed by atoms with Gasteiger partial charge < -0.3 is 14.6 Å². The molecule has 74 valence electrons. The maximum absolute atomic E-state index is 9.19. The van der Waals surface area contributed by atoms with Gasteiger partial charge in [-0.05, 0) is 12.5 Å². The Morgan fingerprint density at radius 1 is 1.69 bits per heavy atom. The first-order valence-corrected chi connectivity index (χ1v) is 4.76. The van der Waals surface area contributed by atoms with E-state index in [1.807, 2.05) is 0 Å². The van der Waals surface area contributed by atoms with E-state index in [0.29, 0.717) is 18.9 Å². The van der Waals surface area contributed by atoms with Gasteiger partial charge in [-0.2, -0.15) is 0 Å². The highest BCUT2D eigenvalue weighted by Gasteiger charge is 2.43. The van der Waals surface area contributed by atoms with Crippen LogP contribution >= 0.6 is 0 Å². The van der Waals surface area contributed by atoms with Crippen molar-refractivity contribution in [3.05, 3.63) is 11.6 Å². The van der Waals surface area contributed by atoms with Gasteiger partial charge in [0.2, 0.25) is 0 Å². The Morgan fingerprint density at radius 2 is 2.46 bits per heavy atom. The lowest BCUT2D eigenvalue weighted by Crippen LogP contribution is -2.53. The minimum absolute atomic E-state index is 0.0556. The van der Waals surface area contributed by atoms with Crippen molar-refractivity contribution in [3.8, 4) is 0 Å². The van der Waals surface area contributed by atoms with Crippen LogP contribution in [-0.2, 0) is 9.47 Å². The minimum Gasteiger partial charge on any atom is -0.391 e. The van der Waals surface area contributed by atoms with Gasteiger partial charge in [0.1, 0.15) is 0 Å². The molecule has 2 aliphatic rings. The highest BCUT2D eigenvalue weighted by Crippen LogP contribution is 2.36. The molecule has 0 radical (unpaired) electrons. The summed E-state index contributed by atoms with van der Waals surface area (Å²) in [4.78, 5) is 0. The summed E-state index contributed by atoms with van der Waals surface area (Å²) in [5, 5.41) is 9.19. The van der Waals surface area contributed by atoms with Crippen molar-refractivity contribution in [1.29, 1.82) is 0 Å². The van der Waals surface area contributed by atoms with Gasteiger partial charge in [0.05, 0.1) is 19.3 Å². The largest absolute Gasteiger partial charge is 0.391 e. The number of aliphatic hydroxyl groups is 1. The van der Waals surface area contributed by atoms with Gasteiger partial charge in [0, 0.05) is 12.3 Å². The fourth-order valence-electron chi connectivity index (χ4n) is 1.98. The topological polar surface area (TPSA) is 38.7 Å². The molecule has 0 saturated carbocycles. The van der Waals surface area contributed by atoms with Crippen molar-refractivity contribution >= 4 is 0 Å². The zero-order valence-electron chi connectivity index (χ0n) is 8.12. The van der Waals surface area contributed by atoms with Crippen LogP contribution in [0.1, 0.15) is 20.3 Å². The lowest BCUT2D eigenvalue weighted by Gasteiger charge is -2.46. The maximum Gasteiger partial charge on any atom is 0.195 e. The Balaban J connectivity index is 2.24. The van der Waals surface area contributed by atoms with E-state index >= 15 is 0 Å². The molecule has 1 saturated heterocycles. The number of rotatable bonds is 1. The summed E-state index contributed by atoms with van der Waals surface area (Å²) in [6, 6.07) is 0. The van der Waals surface area contributed by atoms with E-state index in [4.69, 9.17) is 9.47 Å². The molecule has 2 bridgehead atoms. The minimum atomic E-state index is -0.739. The van der Waals surface area contributed by atoms with Gasteiger partial charge in [-0.1, -0.05) is 13.0 Å². The Morgan fingerprint density at radius 3 is 3.15 bits per heavy atom. The fraction of sp³-hybridized carbons (Fsp3) is 0.800. The van der Waals surface area contributed by atoms with E-state index < -0.39 is 5.79 Å². The fourth-order valence-corrected chi connectivity index (χ4v) is 1.98. The van der Waals surface area contributed by atoms with Crippen LogP contribution in [0.5, 0.6) is 0 Å². The van der Waals surface area contributed by atoms with Crippen LogP contribution in [0.4, 0.5) is 0 Å². The summed E-state index contributed by atoms with van der Waals surface area (Å²) in [5.41, 5.74) is 1.26. The van der Waals surface area contributed by atoms with Gasteiger partial charge in [0.15, 0.2) is 5.79 Å². The van der Waals surface area contributed by atoms with Crippen LogP contribution in [0, 0.1) is 5.92 Å². The number of hydrogen-bond acceptors (Lipinski definition) is 3. The molecular formula is C10H16O3. The van der Waals surface area contributed by atoms with E-state index in [2.05, 4.69) is 19.9 Å². The van der Waals surface area contributed by atoms with Crippen LogP contribution in [-0.4, -0.2) is 30.2 Å². The predicted octanol–water partition coefficient (Wildman–Crippen LogP) is 1.08. The molecular weight excluding hydrogens is 168 g/mol. The zero-order valence-corrected chi connectivity index (χ0v) is 8.12. The molecule has 2 rings (SSSR count). The summed E-state index contributed by atoms with van der Waals surface area (Å²) in [5.74, 6) is -0.354. The summed E-state index contributed by atoms with van der Waals surface area (Å²) in [7, 11) is 0. The molecule has 3 nitrogen and oxygen atoms in total. The van der Waals surface area contributed by atoms with Crippen LogP contribution in [0.3, 0.4) is 0 Å². The zero-order chi connectivity index (χ0) is 9.47. The number of aliphatic hydroxyl groups excluding tert-OH is 1. The highest BCUT2D eigenvalue weighted by molar-refractivity contribution is 5.13. The molecule has 0 spiro atoms. The monoisotopic (exact) mass is 184 g/mol. The lowest BCUT2D eigenvalue weighted by atomic mass is 9.91. The molecule has 0 unspecified atom stereocenters. The van der Waals surface area contributed by atoms with E-state index in [9.17, 15) is 5.11 Å². The first-order chi connectivity index (χ1) is 6.17. The van der Waals surface area contributed by atoms with Gasteiger partial charge >= 0.3 is 0 Å². The van der Waals surface area contributed by atoms with Crippen molar-refractivity contribution in [2.75, 3.05) is 13.2 Å². The quantitative estimate of drug-likeness (QED) is 0.620. The summed E-state index contributed by atoms with van der Waals surface area (Å²) >= 11 is 0. The number of hydrogen-bond donors (Lipinski definition) is 1. The molecule has 0 aliphatic carbocycles. The highest BCUT2D eigenvalue weighted by atomic mass is 16.7. The molecule has 0 aromatic heterocycles. The Kier molecular flexibility index (Phi) is 2.18. The Bertz CT molecular complexity index is 236. The van der Waals surface area contributed by atoms with Crippen molar-refractivity contribution in [3.63, 3.8) is 0 Å². The second-order valence-corrected chi connectivity index (χ2v) is 4.05. The number of ether oxygens (including phenoxy) is 2. The van der Waals surface area contributed by atoms with Gasteiger partial charge in [-0.25, -0.2) is 0 Å². The van der Waals surface area contributed by atoms with E-state index in [1.54, 1.807) is 0 Å². The SMILES string of the molecule is CC1=CC[C@]2(CO)OC[C@H](C)[C@H]1O2. The van der Waals surface area contributed by atoms with E-state index in [0.717, 1.165) is 0 Å². The molecule has 0 amide bonds. The molecule has 2 heterocycles. The summed E-state index contributed by atoms with van der Waals surface area (Å²) in [6.07, 6.45) is 2.91. The predicted molar refractivity (Wildman–Crippen MR) is 48.2 cm³/mol. The molecule has 0 aromatic carbocycles. The molecule has 3 heteroatoms. The van der Waals surface area contributed by atoms with Crippen molar-refractivity contribution < 1.29 is 14.6 Å². The summed E-state index contributed by atoms with van der Waals surface area (Å²) in [6.45, 7) is 4.80. The third kappa shape index (κ3) is 1.41. The second-order valence-electron chi connectivity index (χ2n) is 4.05. The van der Waals surface area contributed by atoms with Crippen molar-refractivity contribution in [1.82, 2.24) is 0 Å². The van der Waals surface area contributed by atoms with Crippen molar-refractivity contribution in [2.45, 2.75) is 32.2 Å². The van der Waals surface area contributed by atoms with Gasteiger partial charge in [-0.3, -0.25) is 0 Å². The van der Waals surface area contributed by atoms with Crippen LogP contribution < -0.4 is 0 Å². The smallest absolute Gasteiger partial charge is 0.195 e. The third-order valence-corrected chi connectivity index (χ3v) is 2.89. The lowest BCUT2D eigenvalue weighted by molar-refractivity contribution is -0.317. The summed E-state index contributed by atoms with van der Waals surface area (Å²) < 4.78 is 11.3. The van der Waals surface area contributed by atoms with Gasteiger partial charge in [0.25, 0.3) is 0 Å².